The van der Waals surface area contributed by atoms with Crippen LogP contribution in [0.15, 0.2) is 0 Å². The minimum absolute atomic E-state index is 0.0799. The molecule has 1 aromatic rings. The number of carbonyl (C=O) groups is 1. The van der Waals surface area contributed by atoms with Crippen molar-refractivity contribution in [1.82, 2.24) is 4.98 Å². The van der Waals surface area contributed by atoms with E-state index in [0.29, 0.717) is 5.13 Å². The summed E-state index contributed by atoms with van der Waals surface area (Å²) in [5.74, 6) is -1.02. The monoisotopic (exact) mass is 274 g/mol. The number of hydrogen-bond donors (Lipinski definition) is 1. The van der Waals surface area contributed by atoms with Crippen molar-refractivity contribution in [1.29, 1.82) is 0 Å². The Morgan fingerprint density at radius 3 is 2.65 bits per heavy atom. The Labute approximate surface area is 107 Å². The van der Waals surface area contributed by atoms with Gasteiger partial charge in [-0.25, -0.2) is 9.78 Å². The molecule has 2 bridgehead atoms. The van der Waals surface area contributed by atoms with Crippen molar-refractivity contribution in [2.45, 2.75) is 25.0 Å². The normalized spacial score (nSPS) is 27.5. The number of halogens is 1. The summed E-state index contributed by atoms with van der Waals surface area (Å²) >= 11 is 6.94. The van der Waals surface area contributed by atoms with E-state index in [1.165, 1.54) is 0 Å². The van der Waals surface area contributed by atoms with E-state index in [1.807, 2.05) is 0 Å². The Kier molecular flexibility index (Phi) is 2.72. The molecule has 0 saturated carbocycles. The lowest BCUT2D eigenvalue weighted by Crippen LogP contribution is -2.42. The number of carboxylic acids is 1. The van der Waals surface area contributed by atoms with Crippen molar-refractivity contribution in [2.75, 3.05) is 18.0 Å². The quantitative estimate of drug-likeness (QED) is 0.892. The third kappa shape index (κ3) is 2.00. The fourth-order valence-electron chi connectivity index (χ4n) is 2.33. The second-order valence-electron chi connectivity index (χ2n) is 4.28. The zero-order valence-corrected chi connectivity index (χ0v) is 10.5. The van der Waals surface area contributed by atoms with Crippen LogP contribution in [0.2, 0.25) is 5.15 Å². The lowest BCUT2D eigenvalue weighted by Gasteiger charge is -2.31. The highest BCUT2D eigenvalue weighted by Gasteiger charge is 2.35. The van der Waals surface area contributed by atoms with E-state index in [1.54, 1.807) is 0 Å². The first kappa shape index (κ1) is 11.3. The molecule has 3 heterocycles. The molecule has 1 aromatic heterocycles. The van der Waals surface area contributed by atoms with Gasteiger partial charge in [-0.2, -0.15) is 0 Å². The summed E-state index contributed by atoms with van der Waals surface area (Å²) < 4.78 is 5.72. The molecule has 7 heteroatoms. The van der Waals surface area contributed by atoms with Gasteiger partial charge in [-0.3, -0.25) is 0 Å². The van der Waals surface area contributed by atoms with Gasteiger partial charge >= 0.3 is 5.97 Å². The first-order chi connectivity index (χ1) is 8.13. The lowest BCUT2D eigenvalue weighted by atomic mass is 10.2. The number of fused-ring (bicyclic) bond motifs is 2. The number of anilines is 1. The number of hydrogen-bond acceptors (Lipinski definition) is 5. The smallest absolute Gasteiger partial charge is 0.349 e. The molecular weight excluding hydrogens is 264 g/mol. The van der Waals surface area contributed by atoms with E-state index < -0.39 is 5.97 Å². The van der Waals surface area contributed by atoms with Gasteiger partial charge in [0.25, 0.3) is 0 Å². The molecule has 5 nitrogen and oxygen atoms in total. The number of ether oxygens (including phenoxy) is 1. The molecule has 17 heavy (non-hydrogen) atoms. The zero-order valence-electron chi connectivity index (χ0n) is 8.93. The van der Waals surface area contributed by atoms with Crippen LogP contribution in [0, 0.1) is 0 Å². The Morgan fingerprint density at radius 1 is 1.47 bits per heavy atom. The minimum Gasteiger partial charge on any atom is -0.477 e. The van der Waals surface area contributed by atoms with Crippen LogP contribution >= 0.6 is 22.9 Å². The SMILES string of the molecule is O=C(O)c1sc(N2CC3CCC(C2)O3)nc1Cl. The van der Waals surface area contributed by atoms with Crippen molar-refractivity contribution in [3.8, 4) is 0 Å². The maximum atomic E-state index is 10.9. The molecule has 92 valence electrons. The minimum atomic E-state index is -1.02. The van der Waals surface area contributed by atoms with E-state index in [4.69, 9.17) is 21.4 Å². The fraction of sp³-hybridized carbons (Fsp3) is 0.600. The maximum absolute atomic E-state index is 10.9. The number of morpholine rings is 1. The molecule has 1 N–H and O–H groups in total. The van der Waals surface area contributed by atoms with Crippen molar-refractivity contribution in [2.24, 2.45) is 0 Å². The number of aromatic nitrogens is 1. The average Bonchev–Trinajstić information content (AvgIpc) is 2.82. The molecule has 2 fully saturated rings. The van der Waals surface area contributed by atoms with Crippen LogP contribution in [0.25, 0.3) is 0 Å². The van der Waals surface area contributed by atoms with Crippen LogP contribution in [0.4, 0.5) is 5.13 Å². The van der Waals surface area contributed by atoms with Gasteiger partial charge in [-0.15, -0.1) is 0 Å². The number of nitrogens with zero attached hydrogens (tertiary/aromatic N) is 2. The largest absolute Gasteiger partial charge is 0.477 e. The first-order valence-electron chi connectivity index (χ1n) is 5.43. The summed E-state index contributed by atoms with van der Waals surface area (Å²) in [7, 11) is 0. The highest BCUT2D eigenvalue weighted by atomic mass is 35.5. The van der Waals surface area contributed by atoms with Gasteiger partial charge in [0.2, 0.25) is 0 Å². The van der Waals surface area contributed by atoms with Gasteiger partial charge in [0.15, 0.2) is 15.2 Å². The van der Waals surface area contributed by atoms with Crippen LogP contribution in [0.5, 0.6) is 0 Å². The maximum Gasteiger partial charge on any atom is 0.349 e. The van der Waals surface area contributed by atoms with Gasteiger partial charge in [0, 0.05) is 13.1 Å². The molecule has 0 amide bonds. The molecule has 0 aromatic carbocycles. The van der Waals surface area contributed by atoms with E-state index in [2.05, 4.69) is 9.88 Å². The molecular formula is C10H11ClN2O3S. The number of carboxylic acid groups (broad SMARTS) is 1. The zero-order chi connectivity index (χ0) is 12.0. The standard InChI is InChI=1S/C10H11ClN2O3S/c11-8-7(9(14)15)17-10(12-8)13-3-5-1-2-6(4-13)16-5/h5-6H,1-4H2,(H,14,15). The molecule has 2 aliphatic rings. The highest BCUT2D eigenvalue weighted by Crippen LogP contribution is 2.34. The number of rotatable bonds is 2. The molecule has 2 saturated heterocycles. The summed E-state index contributed by atoms with van der Waals surface area (Å²) in [6, 6.07) is 0. The summed E-state index contributed by atoms with van der Waals surface area (Å²) in [6.07, 6.45) is 2.66. The Bertz CT molecular complexity index is 452. The first-order valence-corrected chi connectivity index (χ1v) is 6.63. The fourth-order valence-corrected chi connectivity index (χ4v) is 3.47. The predicted molar refractivity (Wildman–Crippen MR) is 64.2 cm³/mol. The van der Waals surface area contributed by atoms with Crippen LogP contribution in [-0.2, 0) is 4.74 Å². The second kappa shape index (κ2) is 4.12. The average molecular weight is 275 g/mol. The Balaban J connectivity index is 1.84. The molecule has 2 aliphatic heterocycles. The Morgan fingerprint density at radius 2 is 2.12 bits per heavy atom. The van der Waals surface area contributed by atoms with Gasteiger partial charge < -0.3 is 14.7 Å². The van der Waals surface area contributed by atoms with Crippen molar-refractivity contribution in [3.05, 3.63) is 10.0 Å². The van der Waals surface area contributed by atoms with Crippen LogP contribution in [0.1, 0.15) is 22.5 Å². The summed E-state index contributed by atoms with van der Waals surface area (Å²) in [5, 5.41) is 9.70. The van der Waals surface area contributed by atoms with E-state index in [0.717, 1.165) is 37.3 Å². The molecule has 0 aliphatic carbocycles. The predicted octanol–water partition coefficient (Wildman–Crippen LogP) is 1.86. The van der Waals surface area contributed by atoms with Crippen LogP contribution < -0.4 is 4.90 Å². The highest BCUT2D eigenvalue weighted by molar-refractivity contribution is 7.18. The molecule has 0 spiro atoms. The third-order valence-electron chi connectivity index (χ3n) is 3.08. The molecule has 3 rings (SSSR count). The van der Waals surface area contributed by atoms with Crippen LogP contribution in [-0.4, -0.2) is 41.4 Å². The molecule has 2 unspecified atom stereocenters. The second-order valence-corrected chi connectivity index (χ2v) is 5.62. The lowest BCUT2D eigenvalue weighted by molar-refractivity contribution is 0.0305. The third-order valence-corrected chi connectivity index (χ3v) is 4.57. The molecule has 2 atom stereocenters. The Hall–Kier alpha value is -0.850. The summed E-state index contributed by atoms with van der Waals surface area (Å²) in [6.45, 7) is 1.55. The topological polar surface area (TPSA) is 62.7 Å². The number of thiazole rings is 1. The molecule has 0 radical (unpaired) electrons. The van der Waals surface area contributed by atoms with Gasteiger partial charge in [-0.05, 0) is 12.8 Å². The van der Waals surface area contributed by atoms with Gasteiger partial charge in [-0.1, -0.05) is 22.9 Å². The summed E-state index contributed by atoms with van der Waals surface area (Å²) in [5.41, 5.74) is 0. The summed E-state index contributed by atoms with van der Waals surface area (Å²) in [4.78, 5) is 17.2. The van der Waals surface area contributed by atoms with Gasteiger partial charge in [0.1, 0.15) is 0 Å². The van der Waals surface area contributed by atoms with Gasteiger partial charge in [0.05, 0.1) is 12.2 Å². The van der Waals surface area contributed by atoms with Crippen molar-refractivity contribution in [3.63, 3.8) is 0 Å². The van der Waals surface area contributed by atoms with Crippen molar-refractivity contribution < 1.29 is 14.6 Å². The number of aromatic carboxylic acids is 1. The van der Waals surface area contributed by atoms with E-state index in [-0.39, 0.29) is 22.2 Å². The van der Waals surface area contributed by atoms with Crippen LogP contribution in [0.3, 0.4) is 0 Å². The van der Waals surface area contributed by atoms with E-state index in [9.17, 15) is 4.79 Å². The van der Waals surface area contributed by atoms with Crippen molar-refractivity contribution >= 4 is 34.0 Å². The van der Waals surface area contributed by atoms with E-state index >= 15 is 0 Å².